The summed E-state index contributed by atoms with van der Waals surface area (Å²) in [7, 11) is 0. The number of benzene rings is 1. The number of nitrogens with zero attached hydrogens (tertiary/aromatic N) is 1. The molecule has 2 N–H and O–H groups in total. The van der Waals surface area contributed by atoms with Gasteiger partial charge in [0.2, 0.25) is 0 Å². The number of carbonyl (C=O) groups is 1. The van der Waals surface area contributed by atoms with Crippen LogP contribution < -0.4 is 5.32 Å². The van der Waals surface area contributed by atoms with E-state index in [2.05, 4.69) is 9.69 Å². The molecule has 0 aliphatic carbocycles. The summed E-state index contributed by atoms with van der Waals surface area (Å²) in [6.07, 6.45) is 0. The van der Waals surface area contributed by atoms with E-state index in [9.17, 15) is 4.79 Å². The van der Waals surface area contributed by atoms with Gasteiger partial charge >= 0.3 is 5.97 Å². The van der Waals surface area contributed by atoms with E-state index in [-0.39, 0.29) is 5.56 Å². The predicted octanol–water partition coefficient (Wildman–Crippen LogP) is 4.20. The molecule has 4 nitrogen and oxygen atoms in total. The Morgan fingerprint density at radius 1 is 1.39 bits per heavy atom. The van der Waals surface area contributed by atoms with Gasteiger partial charge in [-0.25, -0.2) is 4.79 Å². The Hall–Kier alpha value is -1.30. The first-order chi connectivity index (χ1) is 8.50. The third-order valence-corrected chi connectivity index (χ3v) is 3.76. The maximum atomic E-state index is 11.1. The Morgan fingerprint density at radius 3 is 2.56 bits per heavy atom. The number of rotatable bonds is 3. The lowest BCUT2D eigenvalue weighted by atomic mass is 10.2. The highest BCUT2D eigenvalue weighted by Gasteiger charge is 2.19. The molecule has 1 heterocycles. The second kappa shape index (κ2) is 5.14. The maximum Gasteiger partial charge on any atom is 0.340 e. The molecule has 0 amide bonds. The van der Waals surface area contributed by atoms with Crippen molar-refractivity contribution in [1.29, 1.82) is 0 Å². The third kappa shape index (κ3) is 2.43. The average Bonchev–Trinajstić information content (AvgIpc) is 2.65. The van der Waals surface area contributed by atoms with E-state index in [1.807, 2.05) is 0 Å². The molecule has 0 spiro atoms. The van der Waals surface area contributed by atoms with Crippen LogP contribution in [0.5, 0.6) is 0 Å². The minimum absolute atomic E-state index is 0.135. The number of anilines is 2. The second-order valence-corrected chi connectivity index (χ2v) is 5.09. The topological polar surface area (TPSA) is 62.2 Å². The minimum atomic E-state index is -1.04. The first kappa shape index (κ1) is 13.1. The molecule has 0 aliphatic rings. The van der Waals surface area contributed by atoms with Crippen molar-refractivity contribution >= 4 is 51.4 Å². The number of hydrogen-bond acceptors (Lipinski definition) is 4. The quantitative estimate of drug-likeness (QED) is 0.892. The summed E-state index contributed by atoms with van der Waals surface area (Å²) < 4.78 is 4.01. The summed E-state index contributed by atoms with van der Waals surface area (Å²) in [4.78, 5) is 11.1. The molecule has 1 aromatic heterocycles. The number of nitrogens with one attached hydrogen (secondary N) is 1. The molecule has 0 saturated heterocycles. The number of aromatic nitrogens is 1. The van der Waals surface area contributed by atoms with Crippen molar-refractivity contribution in [3.05, 3.63) is 39.5 Å². The molecule has 0 radical (unpaired) electrons. The van der Waals surface area contributed by atoms with Crippen molar-refractivity contribution in [2.75, 3.05) is 5.32 Å². The second-order valence-electron chi connectivity index (χ2n) is 3.50. The molecular weight excluding hydrogens is 295 g/mol. The highest BCUT2D eigenvalue weighted by molar-refractivity contribution is 7.10. The zero-order valence-corrected chi connectivity index (χ0v) is 11.5. The normalized spacial score (nSPS) is 10.4. The molecule has 0 saturated carbocycles. The van der Waals surface area contributed by atoms with Crippen molar-refractivity contribution in [3.8, 4) is 0 Å². The first-order valence-corrected chi connectivity index (χ1v) is 6.44. The number of carboxylic acid groups (broad SMARTS) is 1. The zero-order valence-electron chi connectivity index (χ0n) is 9.20. The van der Waals surface area contributed by atoms with Gasteiger partial charge in [-0.15, -0.1) is 0 Å². The van der Waals surface area contributed by atoms with Crippen LogP contribution in [0.1, 0.15) is 16.1 Å². The molecule has 0 unspecified atom stereocenters. The van der Waals surface area contributed by atoms with Crippen LogP contribution in [-0.2, 0) is 0 Å². The van der Waals surface area contributed by atoms with Gasteiger partial charge in [-0.1, -0.05) is 29.3 Å². The number of halogens is 2. The van der Waals surface area contributed by atoms with Crippen molar-refractivity contribution in [1.82, 2.24) is 4.37 Å². The first-order valence-electron chi connectivity index (χ1n) is 4.91. The highest BCUT2D eigenvalue weighted by atomic mass is 35.5. The van der Waals surface area contributed by atoms with E-state index in [1.54, 1.807) is 25.1 Å². The van der Waals surface area contributed by atoms with Crippen molar-refractivity contribution in [2.45, 2.75) is 6.92 Å². The molecular formula is C11H8Cl2N2O2S. The summed E-state index contributed by atoms with van der Waals surface area (Å²) in [6.45, 7) is 1.64. The van der Waals surface area contributed by atoms with E-state index in [1.165, 1.54) is 0 Å². The Morgan fingerprint density at radius 2 is 2.00 bits per heavy atom. The lowest BCUT2D eigenvalue weighted by Crippen LogP contribution is -2.01. The smallest absolute Gasteiger partial charge is 0.340 e. The molecule has 1 aromatic carbocycles. The van der Waals surface area contributed by atoms with Crippen LogP contribution in [0.15, 0.2) is 18.2 Å². The van der Waals surface area contributed by atoms with E-state index >= 15 is 0 Å². The van der Waals surface area contributed by atoms with E-state index in [4.69, 9.17) is 28.3 Å². The molecule has 2 rings (SSSR count). The highest BCUT2D eigenvalue weighted by Crippen LogP contribution is 2.35. The van der Waals surface area contributed by atoms with Crippen LogP contribution in [-0.4, -0.2) is 15.4 Å². The van der Waals surface area contributed by atoms with Crippen LogP contribution in [0.25, 0.3) is 0 Å². The molecule has 0 atom stereocenters. The summed E-state index contributed by atoms with van der Waals surface area (Å²) in [5, 5.41) is 13.3. The SMILES string of the molecule is Cc1nsc(Nc2c(Cl)cccc2Cl)c1C(=O)O. The Kier molecular flexibility index (Phi) is 3.75. The fourth-order valence-corrected chi connectivity index (χ4v) is 2.72. The lowest BCUT2D eigenvalue weighted by Gasteiger charge is -2.08. The number of para-hydroxylation sites is 1. The van der Waals surface area contributed by atoms with E-state index < -0.39 is 5.97 Å². The number of aryl methyl sites for hydroxylation is 1. The van der Waals surface area contributed by atoms with Crippen LogP contribution >= 0.6 is 34.7 Å². The zero-order chi connectivity index (χ0) is 13.3. The summed E-state index contributed by atoms with van der Waals surface area (Å²) in [5.74, 6) is -1.04. The molecule has 18 heavy (non-hydrogen) atoms. The van der Waals surface area contributed by atoms with Gasteiger partial charge in [0.15, 0.2) is 0 Å². The molecule has 7 heteroatoms. The van der Waals surface area contributed by atoms with Crippen molar-refractivity contribution in [3.63, 3.8) is 0 Å². The van der Waals surface area contributed by atoms with Crippen molar-refractivity contribution in [2.24, 2.45) is 0 Å². The van der Waals surface area contributed by atoms with E-state index in [0.717, 1.165) is 11.5 Å². The number of carboxylic acids is 1. The van der Waals surface area contributed by atoms with E-state index in [0.29, 0.717) is 26.4 Å². The summed E-state index contributed by atoms with van der Waals surface area (Å²) in [5.41, 5.74) is 1.07. The molecule has 0 fully saturated rings. The number of aromatic carboxylic acids is 1. The van der Waals surface area contributed by atoms with Crippen LogP contribution in [0.3, 0.4) is 0 Å². The maximum absolute atomic E-state index is 11.1. The third-order valence-electron chi connectivity index (χ3n) is 2.28. The van der Waals surface area contributed by atoms with Gasteiger partial charge in [0.25, 0.3) is 0 Å². The molecule has 0 bridgehead atoms. The molecule has 2 aromatic rings. The van der Waals surface area contributed by atoms with Gasteiger partial charge in [-0.3, -0.25) is 0 Å². The monoisotopic (exact) mass is 302 g/mol. The lowest BCUT2D eigenvalue weighted by molar-refractivity contribution is 0.0697. The Labute approximate surface area is 117 Å². The van der Waals surface area contributed by atoms with Gasteiger partial charge in [-0.05, 0) is 30.6 Å². The van der Waals surface area contributed by atoms with Crippen LogP contribution in [0, 0.1) is 6.92 Å². The van der Waals surface area contributed by atoms with Gasteiger partial charge in [-0.2, -0.15) is 4.37 Å². The standard InChI is InChI=1S/C11H8Cl2N2O2S/c1-5-8(11(16)17)10(18-15-5)14-9-6(12)3-2-4-7(9)13/h2-4,14H,1H3,(H,16,17). The summed E-state index contributed by atoms with van der Waals surface area (Å²) >= 11 is 13.1. The fraction of sp³-hybridized carbons (Fsp3) is 0.0909. The fourth-order valence-electron chi connectivity index (χ4n) is 1.44. The van der Waals surface area contributed by atoms with Gasteiger partial charge in [0.05, 0.1) is 21.4 Å². The number of hydrogen-bond donors (Lipinski definition) is 2. The average molecular weight is 303 g/mol. The van der Waals surface area contributed by atoms with Gasteiger partial charge in [0.1, 0.15) is 10.6 Å². The van der Waals surface area contributed by atoms with Gasteiger partial charge in [0, 0.05) is 0 Å². The molecule has 0 aliphatic heterocycles. The van der Waals surface area contributed by atoms with Crippen molar-refractivity contribution < 1.29 is 9.90 Å². The largest absolute Gasteiger partial charge is 0.478 e. The Balaban J connectivity index is 2.44. The molecule has 94 valence electrons. The summed E-state index contributed by atoms with van der Waals surface area (Å²) in [6, 6.07) is 5.06. The Bertz CT molecular complexity index is 593. The predicted molar refractivity (Wildman–Crippen MR) is 73.6 cm³/mol. The van der Waals surface area contributed by atoms with Crippen LogP contribution in [0.4, 0.5) is 10.7 Å². The minimum Gasteiger partial charge on any atom is -0.478 e. The van der Waals surface area contributed by atoms with Gasteiger partial charge < -0.3 is 10.4 Å². The van der Waals surface area contributed by atoms with Crippen LogP contribution in [0.2, 0.25) is 10.0 Å².